The van der Waals surface area contributed by atoms with Gasteiger partial charge in [-0.2, -0.15) is 0 Å². The minimum atomic E-state index is -2.45. The predicted octanol–water partition coefficient (Wildman–Crippen LogP) is 5.61. The van der Waals surface area contributed by atoms with E-state index in [4.69, 9.17) is 4.43 Å². The summed E-state index contributed by atoms with van der Waals surface area (Å²) in [4.78, 5) is 25.5. The molecule has 0 heterocycles. The molecule has 0 saturated carbocycles. The van der Waals surface area contributed by atoms with Gasteiger partial charge in [0.25, 0.3) is 0 Å². The first-order valence-electron chi connectivity index (χ1n) is 12.3. The highest BCUT2D eigenvalue weighted by molar-refractivity contribution is 7.95. The third kappa shape index (κ3) is 6.53. The van der Waals surface area contributed by atoms with E-state index in [1.54, 1.807) is 0 Å². The Morgan fingerprint density at radius 2 is 1.19 bits per heavy atom. The summed E-state index contributed by atoms with van der Waals surface area (Å²) in [5, 5.41) is 12.7. The van der Waals surface area contributed by atoms with Crippen LogP contribution in [0.25, 0.3) is 0 Å². The van der Waals surface area contributed by atoms with E-state index >= 15 is 0 Å². The van der Waals surface area contributed by atoms with Crippen LogP contribution in [0.4, 0.5) is 0 Å². The van der Waals surface area contributed by atoms with Gasteiger partial charge in [0.2, 0.25) is 0 Å². The Balaban J connectivity index is 2.16. The van der Waals surface area contributed by atoms with Crippen LogP contribution in [-0.2, 0) is 14.0 Å². The van der Waals surface area contributed by atoms with Crippen molar-refractivity contribution < 1.29 is 19.1 Å². The topological polar surface area (TPSA) is 63.6 Å². The van der Waals surface area contributed by atoms with E-state index in [0.717, 1.165) is 15.9 Å². The highest BCUT2D eigenvalue weighted by atomic mass is 31.2. The highest BCUT2D eigenvalue weighted by Gasteiger charge is 2.40. The quantitative estimate of drug-likeness (QED) is 0.279. The van der Waals surface area contributed by atoms with Crippen molar-refractivity contribution >= 4 is 48.7 Å². The summed E-state index contributed by atoms with van der Waals surface area (Å²) in [7, 11) is -2.27. The minimum absolute atomic E-state index is 0.0348. The zero-order valence-electron chi connectivity index (χ0n) is 21.8. The molecule has 3 aromatic rings. The highest BCUT2D eigenvalue weighted by Crippen LogP contribution is 2.44. The Kier molecular flexibility index (Phi) is 8.94. The smallest absolute Gasteiger partial charge is 0.305 e. The second kappa shape index (κ2) is 11.6. The predicted molar refractivity (Wildman–Crippen MR) is 155 cm³/mol. The number of carboxylic acid groups (broad SMARTS) is 1. The number of carboxylic acids is 1. The molecule has 0 radical (unpaired) electrons. The summed E-state index contributed by atoms with van der Waals surface area (Å²) in [6, 6.07) is 30.4. The number of carbonyl (C=O) groups excluding carboxylic acids is 1. The average Bonchev–Trinajstić information content (AvgIpc) is 2.83. The summed E-state index contributed by atoms with van der Waals surface area (Å²) >= 11 is 0. The maximum Gasteiger partial charge on any atom is 0.305 e. The van der Waals surface area contributed by atoms with Crippen LogP contribution in [0.15, 0.2) is 91.0 Å². The van der Waals surface area contributed by atoms with E-state index in [0.29, 0.717) is 0 Å². The molecule has 3 aromatic carbocycles. The average molecular weight is 521 g/mol. The SMILES string of the molecule is CC(C)(C)[Si](C)(C)O[C@H](CC(=O)O)CC(=O)C=P(c1ccccc1)(c1ccccc1)c1ccccc1. The van der Waals surface area contributed by atoms with Crippen LogP contribution in [-0.4, -0.2) is 37.1 Å². The summed E-state index contributed by atoms with van der Waals surface area (Å²) in [5.41, 5.74) is 0. The largest absolute Gasteiger partial charge is 0.481 e. The van der Waals surface area contributed by atoms with E-state index in [-0.39, 0.29) is 23.7 Å². The fourth-order valence-electron chi connectivity index (χ4n) is 4.10. The molecule has 0 spiro atoms. The number of benzene rings is 3. The molecule has 4 nitrogen and oxygen atoms in total. The number of hydrogen-bond donors (Lipinski definition) is 1. The van der Waals surface area contributed by atoms with Gasteiger partial charge < -0.3 is 9.53 Å². The molecule has 1 atom stereocenters. The van der Waals surface area contributed by atoms with Crippen molar-refractivity contribution in [2.45, 2.75) is 57.8 Å². The normalized spacial score (nSPS) is 13.1. The fraction of sp³-hybridized carbons (Fsp3) is 0.300. The van der Waals surface area contributed by atoms with Gasteiger partial charge in [-0.3, -0.25) is 9.59 Å². The van der Waals surface area contributed by atoms with Crippen LogP contribution in [0.1, 0.15) is 33.6 Å². The molecule has 0 bridgehead atoms. The molecule has 3 rings (SSSR count). The first-order chi connectivity index (χ1) is 17.0. The Bertz CT molecular complexity index is 1110. The van der Waals surface area contributed by atoms with Gasteiger partial charge in [-0.1, -0.05) is 112 Å². The van der Waals surface area contributed by atoms with Crippen LogP contribution in [0.3, 0.4) is 0 Å². The summed E-state index contributed by atoms with van der Waals surface area (Å²) < 4.78 is 6.45. The lowest BCUT2D eigenvalue weighted by atomic mass is 10.1. The van der Waals surface area contributed by atoms with E-state index in [9.17, 15) is 14.7 Å². The van der Waals surface area contributed by atoms with Crippen LogP contribution in [0, 0.1) is 0 Å². The zero-order chi connectivity index (χ0) is 26.4. The number of hydrogen-bond acceptors (Lipinski definition) is 3. The molecule has 190 valence electrons. The van der Waals surface area contributed by atoms with Crippen molar-refractivity contribution in [3.8, 4) is 0 Å². The van der Waals surface area contributed by atoms with E-state index in [1.165, 1.54) is 0 Å². The number of ketones is 1. The lowest BCUT2D eigenvalue weighted by Crippen LogP contribution is -2.45. The van der Waals surface area contributed by atoms with Crippen LogP contribution in [0.5, 0.6) is 0 Å². The Labute approximate surface area is 216 Å². The second-order valence-electron chi connectivity index (χ2n) is 10.6. The molecule has 0 aliphatic heterocycles. The Morgan fingerprint density at radius 1 is 0.806 bits per heavy atom. The minimum Gasteiger partial charge on any atom is -0.481 e. The van der Waals surface area contributed by atoms with Gasteiger partial charge in [0.1, 0.15) is 0 Å². The van der Waals surface area contributed by atoms with Crippen molar-refractivity contribution in [3.05, 3.63) is 91.0 Å². The van der Waals surface area contributed by atoms with Gasteiger partial charge >= 0.3 is 5.97 Å². The number of carbonyl (C=O) groups is 2. The van der Waals surface area contributed by atoms with Crippen molar-refractivity contribution in [2.24, 2.45) is 0 Å². The molecule has 0 aliphatic rings. The number of rotatable bonds is 10. The lowest BCUT2D eigenvalue weighted by Gasteiger charge is -2.39. The van der Waals surface area contributed by atoms with Gasteiger partial charge in [-0.05, 0) is 46.7 Å². The Hall–Kier alpha value is -2.72. The van der Waals surface area contributed by atoms with E-state index in [2.05, 4.69) is 70.3 Å². The molecule has 1 N–H and O–H groups in total. The molecular formula is C30H37O4PSi. The third-order valence-electron chi connectivity index (χ3n) is 6.93. The van der Waals surface area contributed by atoms with Crippen molar-refractivity contribution in [1.29, 1.82) is 0 Å². The van der Waals surface area contributed by atoms with Crippen LogP contribution in [0.2, 0.25) is 18.1 Å². The van der Waals surface area contributed by atoms with Gasteiger partial charge in [0.05, 0.1) is 12.5 Å². The zero-order valence-corrected chi connectivity index (χ0v) is 23.7. The molecule has 0 saturated heterocycles. The standard InChI is InChI=1S/C30H37O4PSi/c1-30(2,3)36(4,5)34-25(22-29(32)33)21-24(31)23-35(26-15-9-6-10-16-26,27-17-11-7-12-18-27)28-19-13-8-14-20-28/h6-20,23,25H,21-22H2,1-5H3,(H,32,33)/t25-/m0/s1. The first kappa shape index (κ1) is 27.9. The summed E-state index contributed by atoms with van der Waals surface area (Å²) in [5.74, 6) is 0.822. The van der Waals surface area contributed by atoms with Gasteiger partial charge in [-0.25, -0.2) is 0 Å². The fourth-order valence-corrected chi connectivity index (χ4v) is 9.26. The lowest BCUT2D eigenvalue weighted by molar-refractivity contribution is -0.139. The molecule has 0 unspecified atom stereocenters. The maximum absolute atomic E-state index is 13.8. The maximum atomic E-state index is 13.8. The van der Waals surface area contributed by atoms with E-state index in [1.807, 2.05) is 60.4 Å². The molecular weight excluding hydrogens is 483 g/mol. The molecule has 36 heavy (non-hydrogen) atoms. The molecule has 0 amide bonds. The first-order valence-corrected chi connectivity index (χ1v) is 17.1. The van der Waals surface area contributed by atoms with Crippen molar-refractivity contribution in [2.75, 3.05) is 0 Å². The molecule has 6 heteroatoms. The van der Waals surface area contributed by atoms with E-state index < -0.39 is 27.3 Å². The molecule has 0 aliphatic carbocycles. The molecule has 0 fully saturated rings. The monoisotopic (exact) mass is 520 g/mol. The summed E-state index contributed by atoms with van der Waals surface area (Å²) in [6.45, 7) is 8.07. The van der Waals surface area contributed by atoms with Crippen LogP contribution < -0.4 is 15.9 Å². The summed E-state index contributed by atoms with van der Waals surface area (Å²) in [6.07, 6.45) is -0.830. The van der Waals surface area contributed by atoms with Crippen LogP contribution >= 0.6 is 6.89 Å². The van der Waals surface area contributed by atoms with Gasteiger partial charge in [0, 0.05) is 6.42 Å². The number of Topliss-reactive ketones (excluding diaryl/α,β-unsaturated/α-hetero) is 1. The van der Waals surface area contributed by atoms with Gasteiger partial charge in [0.15, 0.2) is 14.1 Å². The van der Waals surface area contributed by atoms with Crippen molar-refractivity contribution in [1.82, 2.24) is 0 Å². The number of aliphatic carboxylic acids is 1. The van der Waals surface area contributed by atoms with Crippen molar-refractivity contribution in [3.63, 3.8) is 0 Å². The Morgan fingerprint density at radius 3 is 1.53 bits per heavy atom. The second-order valence-corrected chi connectivity index (χ2v) is 18.6. The van der Waals surface area contributed by atoms with Gasteiger partial charge in [-0.15, -0.1) is 0 Å². The molecule has 0 aromatic heterocycles. The third-order valence-corrected chi connectivity index (χ3v) is 15.5.